The van der Waals surface area contributed by atoms with Crippen molar-refractivity contribution in [2.75, 3.05) is 0 Å². The van der Waals surface area contributed by atoms with Crippen molar-refractivity contribution < 1.29 is 9.59 Å². The molecule has 0 heterocycles. The summed E-state index contributed by atoms with van der Waals surface area (Å²) in [7, 11) is 0. The van der Waals surface area contributed by atoms with Gasteiger partial charge in [0.15, 0.2) is 0 Å². The molecule has 0 fully saturated rings. The molecule has 0 aliphatic heterocycles. The van der Waals surface area contributed by atoms with E-state index in [-0.39, 0.29) is 17.7 Å². The van der Waals surface area contributed by atoms with Gasteiger partial charge < -0.3 is 0 Å². The van der Waals surface area contributed by atoms with Crippen LogP contribution in [-0.2, 0) is 4.79 Å². The number of imide groups is 1. The number of carbonyl (C=O) groups is 2. The molecule has 0 saturated heterocycles. The summed E-state index contributed by atoms with van der Waals surface area (Å²) in [6, 6.07) is 17.1. The van der Waals surface area contributed by atoms with Crippen molar-refractivity contribution in [1.82, 2.24) is 10.4 Å². The van der Waals surface area contributed by atoms with Gasteiger partial charge in [0.2, 0.25) is 0 Å². The molecule has 0 aliphatic rings. The number of nitrogens with one attached hydrogen (secondary N) is 1. The van der Waals surface area contributed by atoms with Crippen LogP contribution < -0.4 is 5.43 Å². The van der Waals surface area contributed by atoms with Crippen LogP contribution in [0.3, 0.4) is 0 Å². The average Bonchev–Trinajstić information content (AvgIpc) is 2.65. The fourth-order valence-corrected chi connectivity index (χ4v) is 3.20. The molecule has 1 N–H and O–H groups in total. The van der Waals surface area contributed by atoms with E-state index in [2.05, 4.69) is 19.3 Å². The molecular weight excluding hydrogens is 348 g/mol. The van der Waals surface area contributed by atoms with Gasteiger partial charge in [0.25, 0.3) is 11.8 Å². The predicted molar refractivity (Wildman–Crippen MR) is 114 cm³/mol. The summed E-state index contributed by atoms with van der Waals surface area (Å²) in [5.41, 5.74) is 5.11. The van der Waals surface area contributed by atoms with Crippen LogP contribution in [0.2, 0.25) is 0 Å². The Bertz CT molecular complexity index is 809. The van der Waals surface area contributed by atoms with E-state index in [0.29, 0.717) is 5.56 Å². The van der Waals surface area contributed by atoms with E-state index >= 15 is 0 Å². The lowest BCUT2D eigenvalue weighted by atomic mass is 9.84. The molecule has 2 rings (SSSR count). The Morgan fingerprint density at radius 2 is 1.68 bits per heavy atom. The first-order chi connectivity index (χ1) is 13.1. The van der Waals surface area contributed by atoms with Gasteiger partial charge in [-0.2, -0.15) is 0 Å². The lowest BCUT2D eigenvalue weighted by Crippen LogP contribution is -2.56. The minimum Gasteiger partial charge on any atom is -0.272 e. The van der Waals surface area contributed by atoms with E-state index < -0.39 is 11.5 Å². The molecule has 2 aromatic carbocycles. The Morgan fingerprint density at radius 1 is 1.04 bits per heavy atom. The second-order valence-corrected chi connectivity index (χ2v) is 8.48. The third-order valence-electron chi connectivity index (χ3n) is 4.77. The number of aryl methyl sites for hydroxylation is 1. The van der Waals surface area contributed by atoms with Crippen molar-refractivity contribution >= 4 is 11.8 Å². The summed E-state index contributed by atoms with van der Waals surface area (Å²) in [4.78, 5) is 27.0. The molecule has 150 valence electrons. The van der Waals surface area contributed by atoms with E-state index in [0.717, 1.165) is 17.5 Å². The Labute approximate surface area is 168 Å². The van der Waals surface area contributed by atoms with Gasteiger partial charge in [0, 0.05) is 11.1 Å². The molecule has 2 unspecified atom stereocenters. The molecule has 0 radical (unpaired) electrons. The summed E-state index contributed by atoms with van der Waals surface area (Å²) in [5.74, 6) is -0.839. The van der Waals surface area contributed by atoms with Crippen molar-refractivity contribution in [3.8, 4) is 0 Å². The molecule has 4 nitrogen and oxygen atoms in total. The van der Waals surface area contributed by atoms with E-state index in [9.17, 15) is 9.59 Å². The van der Waals surface area contributed by atoms with Crippen LogP contribution in [0, 0.1) is 12.8 Å². The van der Waals surface area contributed by atoms with E-state index in [1.54, 1.807) is 6.07 Å². The summed E-state index contributed by atoms with van der Waals surface area (Å²) in [6.45, 7) is 11.9. The van der Waals surface area contributed by atoms with E-state index in [4.69, 9.17) is 0 Å². The van der Waals surface area contributed by atoms with Crippen LogP contribution in [0.5, 0.6) is 0 Å². The average molecular weight is 381 g/mol. The largest absolute Gasteiger partial charge is 0.275 e. The highest BCUT2D eigenvalue weighted by molar-refractivity contribution is 6.06. The topological polar surface area (TPSA) is 49.4 Å². The van der Waals surface area contributed by atoms with Crippen molar-refractivity contribution in [2.24, 2.45) is 5.92 Å². The first-order valence-electron chi connectivity index (χ1n) is 9.91. The van der Waals surface area contributed by atoms with Crippen molar-refractivity contribution in [3.63, 3.8) is 0 Å². The smallest absolute Gasteiger partial charge is 0.272 e. The van der Waals surface area contributed by atoms with Gasteiger partial charge in [-0.3, -0.25) is 9.59 Å². The van der Waals surface area contributed by atoms with Gasteiger partial charge >= 0.3 is 0 Å². The van der Waals surface area contributed by atoms with Gasteiger partial charge in [-0.1, -0.05) is 68.3 Å². The summed E-state index contributed by atoms with van der Waals surface area (Å²) in [5, 5.41) is 1.22. The maximum absolute atomic E-state index is 13.7. The number of nitrogens with zero attached hydrogens (tertiary/aromatic N) is 1. The van der Waals surface area contributed by atoms with E-state index in [1.165, 1.54) is 5.01 Å². The third-order valence-corrected chi connectivity index (χ3v) is 4.77. The first kappa shape index (κ1) is 21.8. The van der Waals surface area contributed by atoms with Crippen LogP contribution in [0.4, 0.5) is 0 Å². The fourth-order valence-electron chi connectivity index (χ4n) is 3.20. The molecule has 0 spiro atoms. The monoisotopic (exact) mass is 380 g/mol. The molecule has 0 saturated carbocycles. The second-order valence-electron chi connectivity index (χ2n) is 8.48. The number of amides is 2. The van der Waals surface area contributed by atoms with Crippen LogP contribution in [0.25, 0.3) is 0 Å². The Hall–Kier alpha value is -2.46. The molecule has 0 bridgehead atoms. The first-order valence-corrected chi connectivity index (χ1v) is 9.91. The molecule has 4 heteroatoms. The lowest BCUT2D eigenvalue weighted by Gasteiger charge is -2.34. The molecule has 2 aromatic rings. The quantitative estimate of drug-likeness (QED) is 0.710. The van der Waals surface area contributed by atoms with Crippen LogP contribution in [-0.4, -0.2) is 22.4 Å². The zero-order valence-corrected chi connectivity index (χ0v) is 17.8. The van der Waals surface area contributed by atoms with Crippen LogP contribution >= 0.6 is 0 Å². The van der Waals surface area contributed by atoms with Gasteiger partial charge in [-0.05, 0) is 51.3 Å². The summed E-state index contributed by atoms with van der Waals surface area (Å²) in [6.07, 6.45) is 0.841. The highest BCUT2D eigenvalue weighted by Gasteiger charge is 2.35. The van der Waals surface area contributed by atoms with Gasteiger partial charge in [0.05, 0.1) is 5.92 Å². The zero-order chi connectivity index (χ0) is 20.9. The maximum atomic E-state index is 13.7. The number of hydrazine groups is 1. The van der Waals surface area contributed by atoms with Crippen molar-refractivity contribution in [2.45, 2.75) is 59.4 Å². The summed E-state index contributed by atoms with van der Waals surface area (Å²) < 4.78 is 0. The number of rotatable bonds is 6. The highest BCUT2D eigenvalue weighted by Crippen LogP contribution is 2.29. The normalized spacial score (nSPS) is 13.6. The predicted octanol–water partition coefficient (Wildman–Crippen LogP) is 5.10. The van der Waals surface area contributed by atoms with Gasteiger partial charge in [0.1, 0.15) is 0 Å². The number of hydrogen-bond donors (Lipinski definition) is 1. The number of hydrogen-bond acceptors (Lipinski definition) is 3. The molecule has 28 heavy (non-hydrogen) atoms. The molecule has 2 atom stereocenters. The van der Waals surface area contributed by atoms with Crippen LogP contribution in [0.1, 0.15) is 68.4 Å². The second kappa shape index (κ2) is 9.16. The van der Waals surface area contributed by atoms with Crippen LogP contribution in [0.15, 0.2) is 54.6 Å². The summed E-state index contributed by atoms with van der Waals surface area (Å²) >= 11 is 0. The minimum absolute atomic E-state index is 0.101. The Morgan fingerprint density at radius 3 is 2.21 bits per heavy atom. The molecule has 2 amide bonds. The highest BCUT2D eigenvalue weighted by atomic mass is 16.2. The Kier molecular flexibility index (Phi) is 7.14. The SMILES string of the molecule is CCC(C)C(C(=O)N(NC(C)(C)C)C(=O)c1cccc(C)c1)c1ccccc1. The lowest BCUT2D eigenvalue weighted by molar-refractivity contribution is -0.135. The standard InChI is InChI=1S/C24H32N2O2/c1-7-18(3)21(19-13-9-8-10-14-19)23(28)26(25-24(4,5)6)22(27)20-15-11-12-17(2)16-20/h8-16,18,21,25H,7H2,1-6H3. The van der Waals surface area contributed by atoms with Gasteiger partial charge in [-0.15, -0.1) is 0 Å². The Balaban J connectivity index is 2.48. The van der Waals surface area contributed by atoms with Gasteiger partial charge in [-0.25, -0.2) is 10.4 Å². The minimum atomic E-state index is -0.439. The van der Waals surface area contributed by atoms with Crippen molar-refractivity contribution in [1.29, 1.82) is 0 Å². The molecule has 0 aromatic heterocycles. The maximum Gasteiger partial charge on any atom is 0.275 e. The number of carbonyl (C=O) groups excluding carboxylic acids is 2. The fraction of sp³-hybridized carbons (Fsp3) is 0.417. The molecular formula is C24H32N2O2. The zero-order valence-electron chi connectivity index (χ0n) is 17.8. The third kappa shape index (κ3) is 5.52. The number of benzene rings is 2. The molecule has 0 aliphatic carbocycles. The van der Waals surface area contributed by atoms with Crippen molar-refractivity contribution in [3.05, 3.63) is 71.3 Å². The van der Waals surface area contributed by atoms with E-state index in [1.807, 2.05) is 76.2 Å².